The first kappa shape index (κ1) is 160. The van der Waals surface area contributed by atoms with Crippen LogP contribution in [0.1, 0.15) is 0 Å². The first-order valence-corrected chi connectivity index (χ1v) is 49.6. The second-order valence-corrected chi connectivity index (χ2v) is 43.2. The van der Waals surface area contributed by atoms with Gasteiger partial charge in [-0.3, -0.25) is 63.7 Å². The number of hydrogen-bond donors (Lipinski definition) is 24. The first-order valence-electron chi connectivity index (χ1n) is 28.2. The third kappa shape index (κ3) is 39.0. The zero-order valence-corrected chi connectivity index (χ0v) is 110. The molecule has 2 amide bonds. The molecule has 24 N–H and O–H groups in total. The fourth-order valence-electron chi connectivity index (χ4n) is 11.5. The Balaban J connectivity index is -0.00000154. The van der Waals surface area contributed by atoms with E-state index in [1.807, 2.05) is 10.6 Å². The molecule has 0 aliphatic carbocycles. The molecule has 4 saturated heterocycles. The zero-order chi connectivity index (χ0) is 91.5. The number of anilines is 2. The molecule has 0 aromatic heterocycles. The van der Waals surface area contributed by atoms with E-state index in [4.69, 9.17) is 18.9 Å². The van der Waals surface area contributed by atoms with Crippen LogP contribution in [0.15, 0.2) is 58.3 Å². The molecule has 6 rings (SSSR count). The van der Waals surface area contributed by atoms with Crippen molar-refractivity contribution in [2.24, 2.45) is 0 Å². The predicted octanol–water partition coefficient (Wildman–Crippen LogP) is -54.5. The molecule has 95 heteroatoms. The van der Waals surface area contributed by atoms with Gasteiger partial charge < -0.3 is 70.4 Å². The van der Waals surface area contributed by atoms with E-state index in [1.165, 1.54) is 0 Å². The first-order chi connectivity index (χ1) is 52.3. The van der Waals surface area contributed by atoms with Gasteiger partial charge in [0.05, 0.1) is 13.2 Å². The molecule has 132 heavy (non-hydrogen) atoms. The number of hydrogen-bond acceptors (Lipinski definition) is 51. The van der Waals surface area contributed by atoms with Gasteiger partial charge in [-0.15, -0.1) is 0 Å². The number of carbonyl (C=O) groups is 1. The molecule has 2 aromatic rings. The molecule has 22 atom stereocenters. The Kier molecular flexibility index (Phi) is 70.1. The van der Waals surface area contributed by atoms with Crippen LogP contribution in [0.5, 0.6) is 0 Å². The van der Waals surface area contributed by atoms with E-state index >= 15 is 0 Å². The summed E-state index contributed by atoms with van der Waals surface area (Å²) in [6.45, 7) is -4.85. The average Bonchev–Trinajstić information content (AvgIpc) is 0.664. The minimum absolute atomic E-state index is 0. The largest absolute Gasteiger partial charge is 1.00 e. The van der Waals surface area contributed by atoms with Crippen LogP contribution in [0, 0.1) is 0 Å². The van der Waals surface area contributed by atoms with Crippen LogP contribution in [0.2, 0.25) is 0 Å². The molecule has 2 aromatic carbocycles. The Morgan fingerprint density at radius 3 is 0.720 bits per heavy atom. The molecule has 4 heterocycles. The maximum absolute atomic E-state index is 13.8. The van der Waals surface area contributed by atoms with Crippen LogP contribution in [-0.4, -0.2) is 368 Å². The SMILES string of the molecule is O=C(Nc1ccc(S[C@@H]2O[C@H](C(O)S(=O)(=O)O)[C@](O)([C@@H]3O[C@H](COS(=O)(=O)O)[C@@H](OS(=O)(=O)O)[C@H](OS(=O)(=O)O)[C@H]3OS(=O)(=O)O)[C@@](O)(S(=O)(=O)O)[C@]2(O)S(=O)(=O)O)cc1)Nc1ccc(S[C@@H]2O[C@H](C(O)S(=O)(=O)O)[C@](O)([C@@H]3O[C@H](COS(=O)(=O)O)[C@@H](OS(=O)(=O)O)[C@H](OS(=O)(=O)O)[C@H]3OS(=O)(=O)O)[C@@](O)(S(=O)(=O)O)[C@]2(O)S(=O)(=O)O)cc1.[Na+].[Na+].[Na+].[Na+].[Na+].[Na+].[Na+].[Na+].[Na+].[Na+].[Na+].[Na+].[Na+].[Na+]. The number of aliphatic hydroxyl groups is 8. The fraction of sp³-hybridized carbons (Fsp3) is 0.649. The molecule has 684 valence electrons. The molecule has 2 unspecified atom stereocenters. The van der Waals surface area contributed by atoms with Crippen molar-refractivity contribution in [2.45, 2.75) is 136 Å². The van der Waals surface area contributed by atoms with Gasteiger partial charge in [-0.1, -0.05) is 23.5 Å². The predicted molar refractivity (Wildman–Crippen MR) is 356 cm³/mol. The van der Waals surface area contributed by atoms with Gasteiger partial charge in [-0.2, -0.15) is 118 Å². The van der Waals surface area contributed by atoms with Crippen LogP contribution in [0.4, 0.5) is 16.2 Å². The summed E-state index contributed by atoms with van der Waals surface area (Å²) in [7, 11) is -96.6. The van der Waals surface area contributed by atoms with Gasteiger partial charge in [-0.25, -0.2) is 38.3 Å². The number of amides is 2. The second-order valence-electron chi connectivity index (χ2n) is 23.2. The molecule has 4 aliphatic heterocycles. The van der Waals surface area contributed by atoms with Crippen molar-refractivity contribution in [1.29, 1.82) is 0 Å². The number of rotatable bonds is 34. The van der Waals surface area contributed by atoms with Crippen LogP contribution in [0.3, 0.4) is 0 Å². The number of aliphatic hydroxyl groups excluding tert-OH is 2. The summed E-state index contributed by atoms with van der Waals surface area (Å²) in [6.07, 6.45) is -49.3. The molecule has 4 aliphatic rings. The van der Waals surface area contributed by atoms with E-state index in [-0.39, 0.29) is 414 Å². The van der Waals surface area contributed by atoms with Crippen LogP contribution in [-0.2, 0) is 196 Å². The van der Waals surface area contributed by atoms with E-state index < -0.39 is 334 Å². The number of thioether (sulfide) groups is 2. The van der Waals surface area contributed by atoms with Crippen molar-refractivity contribution >= 4 is 185 Å². The van der Waals surface area contributed by atoms with E-state index in [0.717, 1.165) is 0 Å². The maximum atomic E-state index is 13.8. The quantitative estimate of drug-likeness (QED) is 0.0228. The minimum atomic E-state index is -7.87. The molecular weight excluding hydrogens is 2320 g/mol. The Hall–Kier alpha value is 10.3. The summed E-state index contributed by atoms with van der Waals surface area (Å²) in [5.74, 6) is 0. The summed E-state index contributed by atoms with van der Waals surface area (Å²) >= 11 is -1.54. The summed E-state index contributed by atoms with van der Waals surface area (Å²) in [4.78, 5) is -13.0. The van der Waals surface area contributed by atoms with Crippen molar-refractivity contribution in [3.8, 4) is 0 Å². The monoisotopic (exact) mass is 2370 g/mol. The number of carbonyl (C=O) groups excluding carboxylic acids is 1. The molecule has 4 fully saturated rings. The van der Waals surface area contributed by atoms with Crippen molar-refractivity contribution < 1.29 is 693 Å². The molecule has 0 radical (unpaired) electrons. The van der Waals surface area contributed by atoms with Gasteiger partial charge >= 0.3 is 543 Å². The van der Waals surface area contributed by atoms with Gasteiger partial charge in [-0.05, 0) is 48.5 Å². The number of nitrogens with one attached hydrogen (secondary N) is 2. The van der Waals surface area contributed by atoms with Crippen LogP contribution >= 0.6 is 23.5 Å². The second kappa shape index (κ2) is 57.9. The standard InChI is InChI=1S/C37H52N2O63S16.14Na/c40-27(105(49,50)51)25-32(43,23-21(101-117(85,86)87)19(99-115(79,80)81)17(97-113(73,74)75)15(93-23)9-91-111(67,68)69)36(47,109(61,62)63)34(45,107(55,56)57)29(95-25)103-13-5-1-11(2-6-13)38-31(42)39-12-3-7-14(8-4-12)104-30-35(46,108(58,59)60)37(48,110(64,65)66)33(44,26(96-30)28(41)106(52,53)54)24-22(102-118(88,89)90)20(100-116(82,83)84)18(98-114(76,77)78)16(94-24)10-92-112(70,71)72;;;;;;;;;;;;;;/h1-8,15-30,40-41,43-48H,9-10H2,(H2,38,39,42)(H,49,50,51)(H,52,53,54)(H,55,56,57)(H,58,59,60)(H,61,62,63)(H,64,65,66)(H,67,68,69)(H,70,71,72)(H,73,74,75)(H,76,77,78)(H,79,80,81)(H,82,83,84)(H,85,86,87)(H,88,89,90);;;;;;;;;;;;;;/q;14*+1/t15-,16-,17-,18-,19+,20+,21-,22-,23-,24-,25-,26-,27?,28?,29+,30+,32-,33-,34-,35-,36-,37-;;;;;;;;;;;;;;/m1............../s1. The number of urea groups is 1. The Morgan fingerprint density at radius 2 is 0.530 bits per heavy atom. The Labute approximate surface area is 1070 Å². The van der Waals surface area contributed by atoms with Crippen LogP contribution in [0.25, 0.3) is 0 Å². The normalized spacial score (nSPS) is 30.1. The van der Waals surface area contributed by atoms with Crippen molar-refractivity contribution in [2.75, 3.05) is 23.8 Å². The van der Waals surface area contributed by atoms with Crippen LogP contribution < -0.4 is 424 Å². The Morgan fingerprint density at radius 1 is 0.318 bits per heavy atom. The number of benzene rings is 2. The molecule has 0 saturated carbocycles. The van der Waals surface area contributed by atoms with E-state index in [9.17, 15) is 227 Å². The zero-order valence-electron chi connectivity index (χ0n) is 68.9. The fourth-order valence-corrected chi connectivity index (χ4v) is 24.7. The molecule has 0 bridgehead atoms. The molecule has 65 nitrogen and oxygen atoms in total. The minimum Gasteiger partial charge on any atom is -0.380 e. The average molecular weight is 2370 g/mol. The van der Waals surface area contributed by atoms with Gasteiger partial charge in [0.1, 0.15) is 73.2 Å². The number of ether oxygens (including phenoxy) is 4. The van der Waals surface area contributed by atoms with E-state index in [2.05, 4.69) is 33.5 Å². The van der Waals surface area contributed by atoms with Gasteiger partial charge in [0.25, 0.3) is 40.0 Å². The topological polar surface area (TPSA) is 1070 Å². The van der Waals surface area contributed by atoms with Crippen molar-refractivity contribution in [3.05, 3.63) is 48.5 Å². The van der Waals surface area contributed by atoms with E-state index in [1.54, 1.807) is 0 Å². The summed E-state index contributed by atoms with van der Waals surface area (Å²) in [5, 5.41) is 101. The summed E-state index contributed by atoms with van der Waals surface area (Å²) in [5.41, 5.74) is -29.9. The summed E-state index contributed by atoms with van der Waals surface area (Å²) < 4.78 is 547. The third-order valence-electron chi connectivity index (χ3n) is 15.8. The van der Waals surface area contributed by atoms with Crippen molar-refractivity contribution in [3.63, 3.8) is 0 Å². The third-order valence-corrected chi connectivity index (χ3v) is 29.5. The van der Waals surface area contributed by atoms with E-state index in [0.29, 0.717) is 48.5 Å². The molecular formula is C37H52N2Na14O63S16+14. The van der Waals surface area contributed by atoms with Gasteiger partial charge in [0.15, 0.2) is 22.1 Å². The van der Waals surface area contributed by atoms with Crippen molar-refractivity contribution in [1.82, 2.24) is 0 Å². The van der Waals surface area contributed by atoms with Gasteiger partial charge in [0, 0.05) is 21.2 Å². The smallest absolute Gasteiger partial charge is 0.380 e. The van der Waals surface area contributed by atoms with Gasteiger partial charge in [0.2, 0.25) is 10.9 Å². The Bertz CT molecular complexity index is 5590. The molecule has 0 spiro atoms. The summed E-state index contributed by atoms with van der Waals surface area (Å²) in [6, 6.07) is 2.71. The maximum Gasteiger partial charge on any atom is 1.00 e.